The van der Waals surface area contributed by atoms with Gasteiger partial charge in [-0.25, -0.2) is 4.68 Å². The van der Waals surface area contributed by atoms with Gasteiger partial charge in [0.25, 0.3) is 0 Å². The van der Waals surface area contributed by atoms with Crippen molar-refractivity contribution < 1.29 is 14.0 Å². The monoisotopic (exact) mass is 493 g/mol. The number of benzene rings is 3. The lowest BCUT2D eigenvalue weighted by Gasteiger charge is -2.32. The van der Waals surface area contributed by atoms with Crippen molar-refractivity contribution in [3.63, 3.8) is 0 Å². The lowest BCUT2D eigenvalue weighted by Crippen LogP contribution is -2.45. The first-order valence-corrected chi connectivity index (χ1v) is 12.0. The predicted octanol–water partition coefficient (Wildman–Crippen LogP) is 4.73. The number of aryl methyl sites for hydroxylation is 2. The summed E-state index contributed by atoms with van der Waals surface area (Å²) in [5, 5.41) is 11.3. The van der Waals surface area contributed by atoms with E-state index in [4.69, 9.17) is 4.42 Å². The van der Waals surface area contributed by atoms with Crippen LogP contribution in [0.1, 0.15) is 28.5 Å². The van der Waals surface area contributed by atoms with E-state index < -0.39 is 6.04 Å². The van der Waals surface area contributed by atoms with E-state index in [0.717, 1.165) is 16.6 Å². The summed E-state index contributed by atoms with van der Waals surface area (Å²) in [5.41, 5.74) is 4.87. The molecule has 3 aromatic carbocycles. The van der Waals surface area contributed by atoms with Crippen LogP contribution in [-0.4, -0.2) is 26.8 Å². The van der Waals surface area contributed by atoms with Gasteiger partial charge < -0.3 is 9.73 Å². The second-order valence-electron chi connectivity index (χ2n) is 8.88. The third-order valence-corrected chi connectivity index (χ3v) is 6.38. The topological polar surface area (TPSA) is 93.3 Å². The Bertz CT molecular complexity index is 1530. The number of rotatable bonds is 8. The molecular weight excluding hydrogens is 466 g/mol. The minimum Gasteiger partial charge on any atom is -0.467 e. The predicted molar refractivity (Wildman–Crippen MR) is 141 cm³/mol. The average molecular weight is 494 g/mol. The molecule has 5 rings (SSSR count). The van der Waals surface area contributed by atoms with Gasteiger partial charge in [0.15, 0.2) is 0 Å². The van der Waals surface area contributed by atoms with Crippen LogP contribution in [0.4, 0.5) is 5.69 Å². The average Bonchev–Trinajstić information content (AvgIpc) is 3.58. The molecule has 1 N–H and O–H groups in total. The Morgan fingerprint density at radius 1 is 0.946 bits per heavy atom. The van der Waals surface area contributed by atoms with Gasteiger partial charge in [-0.1, -0.05) is 53.7 Å². The minimum absolute atomic E-state index is 0.0811. The first kappa shape index (κ1) is 24.0. The zero-order valence-corrected chi connectivity index (χ0v) is 20.7. The molecule has 2 amide bonds. The van der Waals surface area contributed by atoms with E-state index in [1.165, 1.54) is 0 Å². The highest BCUT2D eigenvalue weighted by molar-refractivity contribution is 6.01. The fourth-order valence-electron chi connectivity index (χ4n) is 4.29. The smallest absolute Gasteiger partial charge is 0.249 e. The van der Waals surface area contributed by atoms with Gasteiger partial charge in [-0.3, -0.25) is 14.5 Å². The van der Waals surface area contributed by atoms with Crippen LogP contribution in [-0.2, 0) is 22.7 Å². The van der Waals surface area contributed by atoms with Crippen LogP contribution in [0.5, 0.6) is 0 Å². The molecule has 0 saturated heterocycles. The van der Waals surface area contributed by atoms with E-state index in [2.05, 4.69) is 15.6 Å². The van der Waals surface area contributed by atoms with Crippen molar-refractivity contribution in [2.24, 2.45) is 0 Å². The summed E-state index contributed by atoms with van der Waals surface area (Å²) < 4.78 is 6.95. The van der Waals surface area contributed by atoms with Crippen LogP contribution in [0.25, 0.3) is 11.0 Å². The van der Waals surface area contributed by atoms with Crippen LogP contribution in [0.2, 0.25) is 0 Å². The molecule has 2 aromatic heterocycles. The van der Waals surface area contributed by atoms with E-state index in [1.54, 1.807) is 28.0 Å². The van der Waals surface area contributed by atoms with E-state index in [1.807, 2.05) is 86.6 Å². The van der Waals surface area contributed by atoms with Crippen LogP contribution in [0.15, 0.2) is 95.6 Å². The SMILES string of the molecule is Cc1ccc(N(C(=O)Cn2nnc3ccccc32)[C@@H](C(=O)NCc2ccco2)c2ccccc2)cc1C. The van der Waals surface area contributed by atoms with Crippen molar-refractivity contribution in [2.45, 2.75) is 33.0 Å². The Labute approximate surface area is 214 Å². The number of carbonyl (C=O) groups excluding carboxylic acids is 2. The molecular formula is C29H27N5O3. The number of hydrogen-bond donors (Lipinski definition) is 1. The Hall–Kier alpha value is -4.72. The second-order valence-corrected chi connectivity index (χ2v) is 8.88. The van der Waals surface area contributed by atoms with Crippen molar-refractivity contribution in [2.75, 3.05) is 4.90 Å². The maximum atomic E-state index is 14.0. The van der Waals surface area contributed by atoms with Crippen LogP contribution in [0, 0.1) is 13.8 Å². The van der Waals surface area contributed by atoms with Gasteiger partial charge in [0.1, 0.15) is 23.9 Å². The first-order valence-electron chi connectivity index (χ1n) is 12.0. The first-order chi connectivity index (χ1) is 18.0. The molecule has 0 unspecified atom stereocenters. The number of carbonyl (C=O) groups is 2. The van der Waals surface area contributed by atoms with E-state index >= 15 is 0 Å². The maximum Gasteiger partial charge on any atom is 0.249 e. The van der Waals surface area contributed by atoms with E-state index in [-0.39, 0.29) is 24.9 Å². The van der Waals surface area contributed by atoms with Gasteiger partial charge in [-0.05, 0) is 66.9 Å². The number of aromatic nitrogens is 3. The van der Waals surface area contributed by atoms with Gasteiger partial charge in [0.2, 0.25) is 11.8 Å². The molecule has 0 bridgehead atoms. The molecule has 0 aliphatic carbocycles. The Balaban J connectivity index is 1.56. The Morgan fingerprint density at radius 2 is 1.73 bits per heavy atom. The minimum atomic E-state index is -0.916. The molecule has 5 aromatic rings. The summed E-state index contributed by atoms with van der Waals surface area (Å²) in [6.07, 6.45) is 1.56. The van der Waals surface area contributed by atoms with Crippen LogP contribution in [0.3, 0.4) is 0 Å². The van der Waals surface area contributed by atoms with Gasteiger partial charge >= 0.3 is 0 Å². The molecule has 0 aliphatic heterocycles. The van der Waals surface area contributed by atoms with Crippen molar-refractivity contribution in [3.05, 3.63) is 114 Å². The molecule has 8 nitrogen and oxygen atoms in total. The number of nitrogens with zero attached hydrogens (tertiary/aromatic N) is 4. The second kappa shape index (κ2) is 10.5. The molecule has 186 valence electrons. The standard InChI is InChI=1S/C29H27N5O3/c1-20-14-15-23(17-21(20)2)34(27(35)19-33-26-13-7-6-12-25(26)31-32-33)28(22-9-4-3-5-10-22)29(36)30-18-24-11-8-16-37-24/h3-17,28H,18-19H2,1-2H3,(H,30,36)/t28-/m1/s1. The number of fused-ring (bicyclic) bond motifs is 1. The quantitative estimate of drug-likeness (QED) is 0.337. The summed E-state index contributed by atoms with van der Waals surface area (Å²) in [7, 11) is 0. The van der Waals surface area contributed by atoms with Gasteiger partial charge in [0.05, 0.1) is 18.3 Å². The third-order valence-electron chi connectivity index (χ3n) is 6.38. The number of hydrogen-bond acceptors (Lipinski definition) is 5. The zero-order valence-electron chi connectivity index (χ0n) is 20.7. The lowest BCUT2D eigenvalue weighted by atomic mass is 10.0. The summed E-state index contributed by atoms with van der Waals surface area (Å²) in [6.45, 7) is 4.12. The van der Waals surface area contributed by atoms with Gasteiger partial charge in [0, 0.05) is 5.69 Å². The van der Waals surface area contributed by atoms with Gasteiger partial charge in [-0.15, -0.1) is 5.10 Å². The highest BCUT2D eigenvalue weighted by Gasteiger charge is 2.33. The summed E-state index contributed by atoms with van der Waals surface area (Å²) in [5.74, 6) is 0.0110. The molecule has 0 spiro atoms. The molecule has 0 saturated carbocycles. The number of furan rings is 1. The maximum absolute atomic E-state index is 14.0. The fraction of sp³-hybridized carbons (Fsp3) is 0.172. The lowest BCUT2D eigenvalue weighted by molar-refractivity contribution is -0.127. The number of anilines is 1. The zero-order chi connectivity index (χ0) is 25.8. The molecule has 2 heterocycles. The molecule has 0 fully saturated rings. The normalized spacial score (nSPS) is 11.8. The summed E-state index contributed by atoms with van der Waals surface area (Å²) in [4.78, 5) is 29.3. The van der Waals surface area contributed by atoms with Crippen molar-refractivity contribution >= 4 is 28.5 Å². The fourth-order valence-corrected chi connectivity index (χ4v) is 4.29. The highest BCUT2D eigenvalue weighted by Crippen LogP contribution is 2.30. The van der Waals surface area contributed by atoms with E-state index in [0.29, 0.717) is 22.5 Å². The largest absolute Gasteiger partial charge is 0.467 e. The van der Waals surface area contributed by atoms with Crippen molar-refractivity contribution in [3.8, 4) is 0 Å². The number of amides is 2. The Morgan fingerprint density at radius 3 is 2.49 bits per heavy atom. The molecule has 0 radical (unpaired) electrons. The van der Waals surface area contributed by atoms with Gasteiger partial charge in [-0.2, -0.15) is 0 Å². The third kappa shape index (κ3) is 5.13. The number of nitrogens with one attached hydrogen (secondary N) is 1. The Kier molecular flexibility index (Phi) is 6.81. The molecule has 37 heavy (non-hydrogen) atoms. The van der Waals surface area contributed by atoms with Crippen LogP contribution < -0.4 is 10.2 Å². The molecule has 8 heteroatoms. The summed E-state index contributed by atoms with van der Waals surface area (Å²) in [6, 6.07) is 25.2. The number of para-hydroxylation sites is 1. The van der Waals surface area contributed by atoms with Crippen molar-refractivity contribution in [1.82, 2.24) is 20.3 Å². The van der Waals surface area contributed by atoms with E-state index in [9.17, 15) is 9.59 Å². The highest BCUT2D eigenvalue weighted by atomic mass is 16.3. The van der Waals surface area contributed by atoms with Crippen LogP contribution >= 0.6 is 0 Å². The molecule has 0 aliphatic rings. The molecule has 1 atom stereocenters. The van der Waals surface area contributed by atoms with Crippen molar-refractivity contribution in [1.29, 1.82) is 0 Å². The summed E-state index contributed by atoms with van der Waals surface area (Å²) >= 11 is 0.